The van der Waals surface area contributed by atoms with Crippen LogP contribution in [0.15, 0.2) is 47.6 Å². The van der Waals surface area contributed by atoms with E-state index >= 15 is 0 Å². The van der Waals surface area contributed by atoms with Gasteiger partial charge < -0.3 is 5.32 Å². The number of halogens is 2. The molecule has 2 aromatic rings. The number of benzene rings is 1. The molecule has 0 atom stereocenters. The maximum Gasteiger partial charge on any atom is 0.223 e. The zero-order chi connectivity index (χ0) is 15.4. The van der Waals surface area contributed by atoms with E-state index in [1.165, 1.54) is 0 Å². The van der Waals surface area contributed by atoms with Gasteiger partial charge in [-0.3, -0.25) is 9.82 Å². The van der Waals surface area contributed by atoms with E-state index in [1.54, 1.807) is 29.5 Å². The summed E-state index contributed by atoms with van der Waals surface area (Å²) in [5.74, 6) is 0.611. The molecule has 0 amide bonds. The van der Waals surface area contributed by atoms with Gasteiger partial charge in [0.1, 0.15) is 6.61 Å². The zero-order valence-electron chi connectivity index (χ0n) is 11.7. The second kappa shape index (κ2) is 6.96. The van der Waals surface area contributed by atoms with Crippen LogP contribution in [0.2, 0.25) is 10.0 Å². The van der Waals surface area contributed by atoms with Crippen molar-refractivity contribution >= 4 is 34.8 Å². The Morgan fingerprint density at radius 1 is 1.23 bits per heavy atom. The minimum Gasteiger partial charge on any atom is -0.323 e. The third-order valence-corrected chi connectivity index (χ3v) is 3.63. The van der Waals surface area contributed by atoms with Crippen LogP contribution in [0.25, 0.3) is 0 Å². The normalized spacial score (nSPS) is 14.1. The first-order valence-electron chi connectivity index (χ1n) is 6.79. The molecule has 0 fully saturated rings. The maximum absolute atomic E-state index is 6.15. The topological polar surface area (TPSA) is 49.8 Å². The molecule has 0 saturated heterocycles. The van der Waals surface area contributed by atoms with Gasteiger partial charge in [0.2, 0.25) is 5.96 Å². The highest BCUT2D eigenvalue weighted by molar-refractivity contribution is 6.35. The van der Waals surface area contributed by atoms with Crippen LogP contribution in [0.5, 0.6) is 0 Å². The van der Waals surface area contributed by atoms with E-state index in [2.05, 4.69) is 15.3 Å². The molecule has 0 radical (unpaired) electrons. The SMILES string of the molecule is Clc1ccc(Cl)c(NC2=NCCN2OCc2ccccn2)c1. The van der Waals surface area contributed by atoms with Crippen molar-refractivity contribution in [2.45, 2.75) is 6.61 Å². The molecule has 0 saturated carbocycles. The van der Waals surface area contributed by atoms with Crippen molar-refractivity contribution in [3.63, 3.8) is 0 Å². The third-order valence-electron chi connectivity index (χ3n) is 3.07. The van der Waals surface area contributed by atoms with Gasteiger partial charge in [-0.2, -0.15) is 0 Å². The fourth-order valence-corrected chi connectivity index (χ4v) is 2.34. The Bertz CT molecular complexity index is 678. The lowest BCUT2D eigenvalue weighted by Crippen LogP contribution is -2.33. The number of aliphatic imine (C=N–C) groups is 1. The van der Waals surface area contributed by atoms with Gasteiger partial charge in [-0.25, -0.2) is 10.1 Å². The van der Waals surface area contributed by atoms with E-state index < -0.39 is 0 Å². The maximum atomic E-state index is 6.15. The van der Waals surface area contributed by atoms with E-state index in [1.807, 2.05) is 18.2 Å². The molecule has 2 heterocycles. The summed E-state index contributed by atoms with van der Waals surface area (Å²) in [6.07, 6.45) is 1.74. The van der Waals surface area contributed by atoms with Crippen LogP contribution in [0.4, 0.5) is 5.69 Å². The van der Waals surface area contributed by atoms with Crippen LogP contribution >= 0.6 is 23.2 Å². The molecule has 0 spiro atoms. The van der Waals surface area contributed by atoms with Crippen molar-refractivity contribution in [2.24, 2.45) is 4.99 Å². The molecule has 114 valence electrons. The number of hydroxylamine groups is 2. The lowest BCUT2D eigenvalue weighted by molar-refractivity contribution is -0.104. The molecule has 0 bridgehead atoms. The summed E-state index contributed by atoms with van der Waals surface area (Å²) in [4.78, 5) is 14.3. The van der Waals surface area contributed by atoms with Gasteiger partial charge in [-0.1, -0.05) is 29.3 Å². The lowest BCUT2D eigenvalue weighted by Gasteiger charge is -2.20. The van der Waals surface area contributed by atoms with E-state index in [0.717, 1.165) is 5.69 Å². The van der Waals surface area contributed by atoms with Crippen LogP contribution in [-0.4, -0.2) is 29.1 Å². The number of guanidine groups is 1. The number of nitrogens with zero attached hydrogens (tertiary/aromatic N) is 3. The molecule has 0 unspecified atom stereocenters. The molecule has 1 aliphatic heterocycles. The van der Waals surface area contributed by atoms with Gasteiger partial charge in [0.25, 0.3) is 0 Å². The first kappa shape index (κ1) is 15.1. The minimum absolute atomic E-state index is 0.380. The van der Waals surface area contributed by atoms with Crippen molar-refractivity contribution in [3.05, 3.63) is 58.3 Å². The molecule has 1 N–H and O–H groups in total. The Hall–Kier alpha value is -1.82. The van der Waals surface area contributed by atoms with Gasteiger partial charge in [0, 0.05) is 11.2 Å². The third kappa shape index (κ3) is 3.68. The summed E-state index contributed by atoms with van der Waals surface area (Å²) in [5.41, 5.74) is 1.55. The zero-order valence-corrected chi connectivity index (χ0v) is 13.2. The van der Waals surface area contributed by atoms with Gasteiger partial charge in [-0.05, 0) is 30.3 Å². The van der Waals surface area contributed by atoms with Gasteiger partial charge in [0.05, 0.1) is 29.5 Å². The van der Waals surface area contributed by atoms with Crippen LogP contribution < -0.4 is 5.32 Å². The van der Waals surface area contributed by atoms with E-state index in [0.29, 0.717) is 41.4 Å². The smallest absolute Gasteiger partial charge is 0.223 e. The Kier molecular flexibility index (Phi) is 4.77. The first-order chi connectivity index (χ1) is 10.7. The monoisotopic (exact) mass is 336 g/mol. The molecule has 7 heteroatoms. The molecule has 1 aromatic heterocycles. The summed E-state index contributed by atoms with van der Waals surface area (Å²) in [5, 5.41) is 6.03. The predicted molar refractivity (Wildman–Crippen MR) is 88.1 cm³/mol. The average Bonchev–Trinajstić information content (AvgIpc) is 2.97. The second-order valence-corrected chi connectivity index (χ2v) is 5.49. The largest absolute Gasteiger partial charge is 0.323 e. The van der Waals surface area contributed by atoms with E-state index in [4.69, 9.17) is 28.0 Å². The van der Waals surface area contributed by atoms with Crippen molar-refractivity contribution < 1.29 is 4.84 Å². The van der Waals surface area contributed by atoms with Crippen molar-refractivity contribution in [1.29, 1.82) is 0 Å². The molecule has 5 nitrogen and oxygen atoms in total. The van der Waals surface area contributed by atoms with Crippen LogP contribution in [0.1, 0.15) is 5.69 Å². The highest BCUT2D eigenvalue weighted by Crippen LogP contribution is 2.26. The Labute approximate surface area is 138 Å². The standard InChI is InChI=1S/C15H14Cl2N4O/c16-11-4-5-13(17)14(9-11)20-15-19-7-8-21(15)22-10-12-3-1-2-6-18-12/h1-6,9H,7-8,10H2,(H,19,20). The molecule has 3 rings (SSSR count). The number of nitrogens with one attached hydrogen (secondary N) is 1. The molecule has 1 aromatic carbocycles. The van der Waals surface area contributed by atoms with Gasteiger partial charge in [-0.15, -0.1) is 0 Å². The molecular formula is C15H14Cl2N4O. The quantitative estimate of drug-likeness (QED) is 0.926. The fourth-order valence-electron chi connectivity index (χ4n) is 2.00. The number of hydrogen-bond acceptors (Lipinski definition) is 5. The summed E-state index contributed by atoms with van der Waals surface area (Å²) >= 11 is 12.1. The fraction of sp³-hybridized carbons (Fsp3) is 0.200. The Balaban J connectivity index is 1.64. The average molecular weight is 337 g/mol. The second-order valence-electron chi connectivity index (χ2n) is 4.65. The van der Waals surface area contributed by atoms with Crippen molar-refractivity contribution in [1.82, 2.24) is 10.0 Å². The Morgan fingerprint density at radius 3 is 2.95 bits per heavy atom. The highest BCUT2D eigenvalue weighted by Gasteiger charge is 2.19. The van der Waals surface area contributed by atoms with Crippen molar-refractivity contribution in [2.75, 3.05) is 18.4 Å². The number of aromatic nitrogens is 1. The summed E-state index contributed by atoms with van der Waals surface area (Å²) in [6, 6.07) is 10.9. The highest BCUT2D eigenvalue weighted by atomic mass is 35.5. The predicted octanol–water partition coefficient (Wildman–Crippen LogP) is 3.60. The van der Waals surface area contributed by atoms with Crippen LogP contribution in [-0.2, 0) is 11.4 Å². The molecule has 22 heavy (non-hydrogen) atoms. The summed E-state index contributed by atoms with van der Waals surface area (Å²) < 4.78 is 0. The Morgan fingerprint density at radius 2 is 2.14 bits per heavy atom. The molecule has 0 aliphatic carbocycles. The number of pyridine rings is 1. The van der Waals surface area contributed by atoms with E-state index in [-0.39, 0.29) is 0 Å². The minimum atomic E-state index is 0.380. The van der Waals surface area contributed by atoms with Crippen LogP contribution in [0, 0.1) is 0 Å². The number of rotatable bonds is 4. The van der Waals surface area contributed by atoms with Crippen molar-refractivity contribution in [3.8, 4) is 0 Å². The summed E-state index contributed by atoms with van der Waals surface area (Å²) in [7, 11) is 0. The van der Waals surface area contributed by atoms with Crippen LogP contribution in [0.3, 0.4) is 0 Å². The molecular weight excluding hydrogens is 323 g/mol. The summed E-state index contributed by atoms with van der Waals surface area (Å²) in [6.45, 7) is 1.71. The first-order valence-corrected chi connectivity index (χ1v) is 7.55. The number of hydrogen-bond donors (Lipinski definition) is 1. The lowest BCUT2D eigenvalue weighted by atomic mass is 10.3. The van der Waals surface area contributed by atoms with E-state index in [9.17, 15) is 0 Å². The molecule has 1 aliphatic rings. The van der Waals surface area contributed by atoms with Gasteiger partial charge >= 0.3 is 0 Å². The number of anilines is 1. The van der Waals surface area contributed by atoms with Gasteiger partial charge in [0.15, 0.2) is 0 Å².